The minimum Gasteiger partial charge on any atom is -0.373 e. The maximum atomic E-state index is 12.9. The number of aryl methyl sites for hydroxylation is 1. The second kappa shape index (κ2) is 7.25. The Labute approximate surface area is 152 Å². The van der Waals surface area contributed by atoms with Gasteiger partial charge in [0.05, 0.1) is 18.2 Å². The summed E-state index contributed by atoms with van der Waals surface area (Å²) in [5.41, 5.74) is 2.59. The predicted molar refractivity (Wildman–Crippen MR) is 98.7 cm³/mol. The monoisotopic (exact) mass is 350 g/mol. The molecule has 0 bridgehead atoms. The number of hydrogen-bond acceptors (Lipinski definition) is 4. The minimum absolute atomic E-state index is 0.00695. The number of para-hydroxylation sites is 1. The molecule has 1 fully saturated rings. The van der Waals surface area contributed by atoms with Crippen LogP contribution in [0.4, 0.5) is 0 Å². The number of pyridine rings is 1. The molecule has 6 nitrogen and oxygen atoms in total. The lowest BCUT2D eigenvalue weighted by molar-refractivity contribution is -0.000569. The first kappa shape index (κ1) is 16.7. The predicted octanol–water partition coefficient (Wildman–Crippen LogP) is 2.79. The average Bonchev–Trinajstić information content (AvgIpc) is 3.04. The van der Waals surface area contributed by atoms with Gasteiger partial charge in [0.1, 0.15) is 0 Å². The molecule has 26 heavy (non-hydrogen) atoms. The van der Waals surface area contributed by atoms with Crippen LogP contribution >= 0.6 is 0 Å². The van der Waals surface area contributed by atoms with Gasteiger partial charge in [0.15, 0.2) is 5.69 Å². The maximum absolute atomic E-state index is 12.9. The molecule has 1 amide bonds. The fourth-order valence-corrected chi connectivity index (χ4v) is 3.44. The van der Waals surface area contributed by atoms with Crippen LogP contribution in [0.1, 0.15) is 28.9 Å². The lowest BCUT2D eigenvalue weighted by Gasteiger charge is -2.31. The van der Waals surface area contributed by atoms with Crippen LogP contribution in [0.5, 0.6) is 0 Å². The minimum atomic E-state index is 0.00695. The molecule has 0 saturated carbocycles. The first-order chi connectivity index (χ1) is 12.7. The Bertz CT molecular complexity index is 899. The Balaban J connectivity index is 1.37. The van der Waals surface area contributed by atoms with Crippen molar-refractivity contribution in [2.45, 2.75) is 25.6 Å². The van der Waals surface area contributed by atoms with Gasteiger partial charge in [-0.1, -0.05) is 24.3 Å². The molecule has 3 aromatic rings. The fourth-order valence-electron chi connectivity index (χ4n) is 3.44. The Kier molecular flexibility index (Phi) is 4.67. The summed E-state index contributed by atoms with van der Waals surface area (Å²) in [6, 6.07) is 11.8. The van der Waals surface area contributed by atoms with Crippen LogP contribution in [0, 0.1) is 0 Å². The van der Waals surface area contributed by atoms with Gasteiger partial charge in [0.25, 0.3) is 5.91 Å². The molecule has 0 unspecified atom stereocenters. The van der Waals surface area contributed by atoms with Crippen LogP contribution in [-0.4, -0.2) is 44.8 Å². The van der Waals surface area contributed by atoms with Gasteiger partial charge >= 0.3 is 0 Å². The number of fused-ring (bicyclic) bond motifs is 1. The third kappa shape index (κ3) is 3.32. The van der Waals surface area contributed by atoms with Gasteiger partial charge in [0.2, 0.25) is 0 Å². The van der Waals surface area contributed by atoms with E-state index in [1.807, 2.05) is 54.5 Å². The summed E-state index contributed by atoms with van der Waals surface area (Å²) in [6.07, 6.45) is 5.45. The summed E-state index contributed by atoms with van der Waals surface area (Å²) in [5.74, 6) is 0.00695. The van der Waals surface area contributed by atoms with E-state index < -0.39 is 0 Å². The largest absolute Gasteiger partial charge is 0.373 e. The van der Waals surface area contributed by atoms with Gasteiger partial charge in [-0.25, -0.2) is 0 Å². The molecule has 0 aliphatic carbocycles. The topological polar surface area (TPSA) is 60.2 Å². The normalized spacial score (nSPS) is 15.5. The molecule has 0 atom stereocenters. The number of hydrogen-bond donors (Lipinski definition) is 0. The number of amides is 1. The number of nitrogens with zero attached hydrogens (tertiary/aromatic N) is 4. The summed E-state index contributed by atoms with van der Waals surface area (Å²) in [6.45, 7) is 1.96. The van der Waals surface area contributed by atoms with Gasteiger partial charge in [0, 0.05) is 37.9 Å². The summed E-state index contributed by atoms with van der Waals surface area (Å²) in [5, 5.41) is 5.36. The van der Waals surface area contributed by atoms with Crippen molar-refractivity contribution in [2.75, 3.05) is 13.1 Å². The number of piperidine rings is 1. The molecule has 2 aromatic heterocycles. The van der Waals surface area contributed by atoms with E-state index in [2.05, 4.69) is 10.1 Å². The molecular weight excluding hydrogens is 328 g/mol. The molecule has 1 aliphatic heterocycles. The smallest absolute Gasteiger partial charge is 0.275 e. The molecule has 0 spiro atoms. The number of carbonyl (C=O) groups is 1. The number of carbonyl (C=O) groups excluding carboxylic acids is 1. The number of likely N-dealkylation sites (tertiary alicyclic amines) is 1. The van der Waals surface area contributed by atoms with E-state index in [9.17, 15) is 4.79 Å². The van der Waals surface area contributed by atoms with Crippen molar-refractivity contribution in [1.82, 2.24) is 19.7 Å². The molecular formula is C20H22N4O2. The molecule has 4 rings (SSSR count). The van der Waals surface area contributed by atoms with Crippen molar-refractivity contribution in [1.29, 1.82) is 0 Å². The summed E-state index contributed by atoms with van der Waals surface area (Å²) in [7, 11) is 1.87. The number of aromatic nitrogens is 3. The molecule has 134 valence electrons. The molecule has 1 aliphatic rings. The van der Waals surface area contributed by atoms with Crippen molar-refractivity contribution in [2.24, 2.45) is 7.05 Å². The van der Waals surface area contributed by atoms with Gasteiger partial charge in [-0.15, -0.1) is 0 Å². The number of ether oxygens (including phenoxy) is 1. The molecule has 3 heterocycles. The molecule has 1 saturated heterocycles. The van der Waals surface area contributed by atoms with Gasteiger partial charge in [-0.2, -0.15) is 5.10 Å². The highest BCUT2D eigenvalue weighted by atomic mass is 16.5. The van der Waals surface area contributed by atoms with Crippen molar-refractivity contribution in [3.05, 3.63) is 60.0 Å². The second-order valence-electron chi connectivity index (χ2n) is 6.65. The molecule has 6 heteroatoms. The van der Waals surface area contributed by atoms with Crippen LogP contribution in [0.2, 0.25) is 0 Å². The Morgan fingerprint density at radius 3 is 2.77 bits per heavy atom. The summed E-state index contributed by atoms with van der Waals surface area (Å²) in [4.78, 5) is 18.9. The fraction of sp³-hybridized carbons (Fsp3) is 0.350. The van der Waals surface area contributed by atoms with Crippen molar-refractivity contribution < 1.29 is 9.53 Å². The van der Waals surface area contributed by atoms with E-state index in [1.165, 1.54) is 0 Å². The van der Waals surface area contributed by atoms with Crippen LogP contribution in [0.3, 0.4) is 0 Å². The van der Waals surface area contributed by atoms with Crippen LogP contribution in [0.15, 0.2) is 48.8 Å². The Hall–Kier alpha value is -2.73. The molecule has 0 radical (unpaired) electrons. The highest BCUT2D eigenvalue weighted by Crippen LogP contribution is 2.22. The van der Waals surface area contributed by atoms with Gasteiger partial charge in [-0.05, 0) is 30.5 Å². The second-order valence-corrected chi connectivity index (χ2v) is 6.65. The van der Waals surface area contributed by atoms with Crippen LogP contribution in [-0.2, 0) is 18.4 Å². The van der Waals surface area contributed by atoms with Gasteiger partial charge < -0.3 is 9.64 Å². The zero-order valence-electron chi connectivity index (χ0n) is 14.8. The molecule has 0 N–H and O–H groups in total. The van der Waals surface area contributed by atoms with Crippen LogP contribution < -0.4 is 0 Å². The van der Waals surface area contributed by atoms with E-state index in [0.717, 1.165) is 29.3 Å². The zero-order valence-corrected chi connectivity index (χ0v) is 14.8. The van der Waals surface area contributed by atoms with Crippen molar-refractivity contribution >= 4 is 16.8 Å². The Morgan fingerprint density at radius 2 is 2.00 bits per heavy atom. The zero-order chi connectivity index (χ0) is 17.9. The lowest BCUT2D eigenvalue weighted by atomic mass is 10.1. The average molecular weight is 350 g/mol. The standard InChI is InChI=1S/C20H22N4O2/c1-23-18-7-3-2-6-17(18)19(22-23)20(25)24-11-8-16(9-12-24)26-14-15-5-4-10-21-13-15/h2-7,10,13,16H,8-9,11-12,14H2,1H3. The SMILES string of the molecule is Cn1nc(C(=O)N2CCC(OCc3cccnc3)CC2)c2ccccc21. The van der Waals surface area contributed by atoms with E-state index in [4.69, 9.17) is 4.74 Å². The van der Waals surface area contributed by atoms with Gasteiger partial charge in [-0.3, -0.25) is 14.5 Å². The van der Waals surface area contributed by atoms with Crippen molar-refractivity contribution in [3.63, 3.8) is 0 Å². The lowest BCUT2D eigenvalue weighted by Crippen LogP contribution is -2.41. The first-order valence-corrected chi connectivity index (χ1v) is 8.94. The third-order valence-corrected chi connectivity index (χ3v) is 4.90. The summed E-state index contributed by atoms with van der Waals surface area (Å²) < 4.78 is 7.75. The highest BCUT2D eigenvalue weighted by Gasteiger charge is 2.27. The summed E-state index contributed by atoms with van der Waals surface area (Å²) >= 11 is 0. The first-order valence-electron chi connectivity index (χ1n) is 8.94. The quantitative estimate of drug-likeness (QED) is 0.726. The van der Waals surface area contributed by atoms with E-state index in [1.54, 1.807) is 10.9 Å². The number of benzene rings is 1. The van der Waals surface area contributed by atoms with E-state index >= 15 is 0 Å². The van der Waals surface area contributed by atoms with E-state index in [0.29, 0.717) is 25.4 Å². The number of rotatable bonds is 4. The highest BCUT2D eigenvalue weighted by molar-refractivity contribution is 6.04. The van der Waals surface area contributed by atoms with E-state index in [-0.39, 0.29) is 12.0 Å². The third-order valence-electron chi connectivity index (χ3n) is 4.90. The molecule has 1 aromatic carbocycles. The maximum Gasteiger partial charge on any atom is 0.275 e. The van der Waals surface area contributed by atoms with Crippen molar-refractivity contribution in [3.8, 4) is 0 Å². The Morgan fingerprint density at radius 1 is 1.19 bits per heavy atom. The van der Waals surface area contributed by atoms with Crippen LogP contribution in [0.25, 0.3) is 10.9 Å².